The molecule has 190 valence electrons. The van der Waals surface area contributed by atoms with Crippen molar-refractivity contribution in [1.82, 2.24) is 19.9 Å². The first kappa shape index (κ1) is 25.3. The van der Waals surface area contributed by atoms with Gasteiger partial charge < -0.3 is 19.7 Å². The summed E-state index contributed by atoms with van der Waals surface area (Å²) in [4.78, 5) is 7.87. The minimum absolute atomic E-state index is 0.00150. The first-order valence-electron chi connectivity index (χ1n) is 11.3. The maximum absolute atomic E-state index is 13.8. The number of hydrogen-bond acceptors (Lipinski definition) is 5. The van der Waals surface area contributed by atoms with E-state index < -0.39 is 29.8 Å². The summed E-state index contributed by atoms with van der Waals surface area (Å²) in [6.07, 6.45) is -4.20. The molecule has 0 radical (unpaired) electrons. The van der Waals surface area contributed by atoms with Gasteiger partial charge in [0.25, 0.3) is 6.43 Å². The number of nitrogens with one attached hydrogen (secondary N) is 1. The van der Waals surface area contributed by atoms with E-state index in [1.54, 1.807) is 13.8 Å². The number of aliphatic hydroxyl groups is 1. The number of ether oxygens (including phenoxy) is 1. The molecule has 1 fully saturated rings. The molecule has 1 saturated heterocycles. The van der Waals surface area contributed by atoms with Crippen LogP contribution >= 0.6 is 0 Å². The fourth-order valence-electron chi connectivity index (χ4n) is 4.70. The van der Waals surface area contributed by atoms with Crippen LogP contribution in [0.4, 0.5) is 22.0 Å². The van der Waals surface area contributed by atoms with Gasteiger partial charge in [-0.2, -0.15) is 13.2 Å². The van der Waals surface area contributed by atoms with Gasteiger partial charge in [0.2, 0.25) is 0 Å². The topological polar surface area (TPSA) is 72.2 Å². The van der Waals surface area contributed by atoms with Crippen LogP contribution in [0.25, 0.3) is 11.0 Å². The summed E-state index contributed by atoms with van der Waals surface area (Å²) in [5, 5.41) is 14.5. The van der Waals surface area contributed by atoms with E-state index in [-0.39, 0.29) is 47.6 Å². The molecule has 0 spiro atoms. The Balaban J connectivity index is 1.55. The molecule has 0 unspecified atom stereocenters. The summed E-state index contributed by atoms with van der Waals surface area (Å²) in [6.45, 7) is 5.39. The second kappa shape index (κ2) is 9.34. The molecule has 3 heterocycles. The number of hydrogen-bond donors (Lipinski definition) is 2. The fourth-order valence-corrected chi connectivity index (χ4v) is 4.70. The monoisotopic (exact) mass is 498 g/mol. The fraction of sp³-hybridized carbons (Fsp3) is 0.500. The van der Waals surface area contributed by atoms with Gasteiger partial charge in [0.15, 0.2) is 0 Å². The number of aromatic nitrogens is 3. The number of imidazole rings is 1. The zero-order valence-electron chi connectivity index (χ0n) is 19.5. The van der Waals surface area contributed by atoms with Gasteiger partial charge in [-0.25, -0.2) is 13.8 Å². The molecule has 1 aliphatic heterocycles. The van der Waals surface area contributed by atoms with Crippen molar-refractivity contribution in [2.24, 2.45) is 0 Å². The summed E-state index contributed by atoms with van der Waals surface area (Å²) in [7, 11) is 0. The molecule has 2 N–H and O–H groups in total. The number of pyridine rings is 1. The smallest absolute Gasteiger partial charge is 0.418 e. The third-order valence-electron chi connectivity index (χ3n) is 6.25. The normalized spacial score (nSPS) is 23.4. The Morgan fingerprint density at radius 2 is 1.94 bits per heavy atom. The highest BCUT2D eigenvalue weighted by Crippen LogP contribution is 2.39. The zero-order valence-corrected chi connectivity index (χ0v) is 19.5. The molecule has 4 rings (SSSR count). The number of halogens is 5. The number of alkyl halides is 5. The van der Waals surface area contributed by atoms with E-state index in [2.05, 4.69) is 15.3 Å². The number of fused-ring (bicyclic) bond motifs is 1. The van der Waals surface area contributed by atoms with Crippen LogP contribution < -0.4 is 10.1 Å². The van der Waals surface area contributed by atoms with Crippen molar-refractivity contribution < 1.29 is 31.8 Å². The number of piperidine rings is 1. The molecule has 1 aliphatic rings. The van der Waals surface area contributed by atoms with Crippen molar-refractivity contribution in [2.45, 2.75) is 69.9 Å². The van der Waals surface area contributed by atoms with E-state index >= 15 is 0 Å². The Morgan fingerprint density at radius 1 is 1.20 bits per heavy atom. The number of nitrogens with zero attached hydrogens (tertiary/aromatic N) is 3. The lowest BCUT2D eigenvalue weighted by Gasteiger charge is -2.41. The summed E-state index contributed by atoms with van der Waals surface area (Å²) in [5.41, 5.74) is -1.98. The molecule has 3 atom stereocenters. The Labute approximate surface area is 199 Å². The van der Waals surface area contributed by atoms with E-state index in [1.807, 2.05) is 6.92 Å². The average Bonchev–Trinajstić information content (AvgIpc) is 3.20. The van der Waals surface area contributed by atoms with Gasteiger partial charge in [-0.3, -0.25) is 4.98 Å². The van der Waals surface area contributed by atoms with Gasteiger partial charge in [0.1, 0.15) is 18.1 Å². The Morgan fingerprint density at radius 3 is 2.54 bits per heavy atom. The molecule has 0 amide bonds. The van der Waals surface area contributed by atoms with Crippen molar-refractivity contribution in [3.8, 4) is 5.75 Å². The summed E-state index contributed by atoms with van der Waals surface area (Å²) >= 11 is 0. The van der Waals surface area contributed by atoms with Crippen LogP contribution in [0, 0.1) is 0 Å². The maximum atomic E-state index is 13.8. The van der Waals surface area contributed by atoms with Gasteiger partial charge in [-0.15, -0.1) is 0 Å². The molecular formula is C24H27F5N4O2. The molecule has 0 aliphatic carbocycles. The SMILES string of the molecule is CC(C)n1cnc2cc(OC[C@@H]3C[C@](O)(c4ccc(C(F)F)nc4)C[C@H](C)N3)cc(C(F)(F)F)c21. The van der Waals surface area contributed by atoms with Crippen LogP contribution in [-0.2, 0) is 11.8 Å². The Bertz CT molecular complexity index is 1180. The highest BCUT2D eigenvalue weighted by molar-refractivity contribution is 5.81. The first-order chi connectivity index (χ1) is 16.4. The van der Waals surface area contributed by atoms with Gasteiger partial charge in [0.05, 0.1) is 28.5 Å². The van der Waals surface area contributed by atoms with Crippen LogP contribution in [0.15, 0.2) is 36.8 Å². The second-order valence-corrected chi connectivity index (χ2v) is 9.37. The van der Waals surface area contributed by atoms with Gasteiger partial charge >= 0.3 is 6.18 Å². The van der Waals surface area contributed by atoms with Crippen molar-refractivity contribution in [1.29, 1.82) is 0 Å². The molecule has 0 saturated carbocycles. The molecule has 11 heteroatoms. The van der Waals surface area contributed by atoms with Gasteiger partial charge in [0, 0.05) is 36.0 Å². The quantitative estimate of drug-likeness (QED) is 0.447. The lowest BCUT2D eigenvalue weighted by Crippen LogP contribution is -2.53. The van der Waals surface area contributed by atoms with Crippen LogP contribution in [0.3, 0.4) is 0 Å². The Hall–Kier alpha value is -2.79. The average molecular weight is 498 g/mol. The van der Waals surface area contributed by atoms with Crippen LogP contribution in [-0.4, -0.2) is 38.3 Å². The second-order valence-electron chi connectivity index (χ2n) is 9.37. The Kier molecular flexibility index (Phi) is 6.76. The molecule has 2 aromatic heterocycles. The van der Waals surface area contributed by atoms with Crippen LogP contribution in [0.2, 0.25) is 0 Å². The molecule has 35 heavy (non-hydrogen) atoms. The van der Waals surface area contributed by atoms with E-state index in [0.29, 0.717) is 12.0 Å². The van der Waals surface area contributed by atoms with Gasteiger partial charge in [-0.1, -0.05) is 6.07 Å². The van der Waals surface area contributed by atoms with Crippen molar-refractivity contribution >= 4 is 11.0 Å². The third kappa shape index (κ3) is 5.25. The van der Waals surface area contributed by atoms with E-state index in [4.69, 9.17) is 4.74 Å². The zero-order chi connectivity index (χ0) is 25.5. The van der Waals surface area contributed by atoms with E-state index in [1.165, 1.54) is 35.3 Å². The molecule has 3 aromatic rings. The predicted octanol–water partition coefficient (Wildman–Crippen LogP) is 5.38. The van der Waals surface area contributed by atoms with Crippen LogP contribution in [0.5, 0.6) is 5.75 Å². The minimum atomic E-state index is -4.60. The van der Waals surface area contributed by atoms with Crippen molar-refractivity contribution in [3.63, 3.8) is 0 Å². The van der Waals surface area contributed by atoms with Crippen molar-refractivity contribution in [2.75, 3.05) is 6.61 Å². The van der Waals surface area contributed by atoms with Crippen LogP contribution in [0.1, 0.15) is 62.9 Å². The highest BCUT2D eigenvalue weighted by Gasteiger charge is 2.40. The predicted molar refractivity (Wildman–Crippen MR) is 119 cm³/mol. The molecule has 1 aromatic carbocycles. The lowest BCUT2D eigenvalue weighted by molar-refractivity contribution is -0.136. The maximum Gasteiger partial charge on any atom is 0.418 e. The summed E-state index contributed by atoms with van der Waals surface area (Å²) in [6, 6.07) is 4.27. The molecule has 0 bridgehead atoms. The van der Waals surface area contributed by atoms with Crippen molar-refractivity contribution in [3.05, 3.63) is 53.6 Å². The first-order valence-corrected chi connectivity index (χ1v) is 11.3. The van der Waals surface area contributed by atoms with E-state index in [0.717, 1.165) is 6.07 Å². The summed E-state index contributed by atoms with van der Waals surface area (Å²) < 4.78 is 74.4. The molecule has 6 nitrogen and oxygen atoms in total. The van der Waals surface area contributed by atoms with E-state index in [9.17, 15) is 27.1 Å². The number of rotatable bonds is 6. The largest absolute Gasteiger partial charge is 0.492 e. The molecular weight excluding hydrogens is 471 g/mol. The van der Waals surface area contributed by atoms with Gasteiger partial charge in [-0.05, 0) is 45.7 Å². The summed E-state index contributed by atoms with van der Waals surface area (Å²) in [5.74, 6) is 0.0188. The highest BCUT2D eigenvalue weighted by atomic mass is 19.4. The third-order valence-corrected chi connectivity index (χ3v) is 6.25. The lowest BCUT2D eigenvalue weighted by atomic mass is 9.79. The number of benzene rings is 1. The minimum Gasteiger partial charge on any atom is -0.492 e. The standard InChI is InChI=1S/C24H27F5N4O2/c1-13(2)33-12-31-20-7-17(6-18(21(20)33)24(27,28)29)35-11-16-9-23(34,8-14(3)32-16)15-4-5-19(22(25)26)30-10-15/h4-7,10,12-14,16,22,32,34H,8-9,11H2,1-3H3/t14-,16-,23-/m0/s1.